The Kier molecular flexibility index (Phi) is 5.02. The molecule has 6 nitrogen and oxygen atoms in total. The van der Waals surface area contributed by atoms with E-state index in [-0.39, 0.29) is 11.9 Å². The van der Waals surface area contributed by atoms with Crippen LogP contribution in [0, 0.1) is 5.82 Å². The van der Waals surface area contributed by atoms with Gasteiger partial charge in [-0.15, -0.1) is 10.2 Å². The molecule has 3 rings (SSSR count). The van der Waals surface area contributed by atoms with Crippen LogP contribution in [-0.4, -0.2) is 35.7 Å². The highest BCUT2D eigenvalue weighted by atomic mass is 19.1. The molecule has 0 saturated heterocycles. The molecule has 126 valence electrons. The molecule has 1 atom stereocenters. The van der Waals surface area contributed by atoms with Crippen molar-refractivity contribution in [2.24, 2.45) is 0 Å². The van der Waals surface area contributed by atoms with Crippen molar-refractivity contribution in [1.29, 1.82) is 0 Å². The Morgan fingerprint density at radius 3 is 2.62 bits per heavy atom. The Balaban J connectivity index is 1.58. The number of nitrogens with zero attached hydrogens (tertiary/aromatic N) is 3. The summed E-state index contributed by atoms with van der Waals surface area (Å²) in [5.74, 6) is 1.45. The van der Waals surface area contributed by atoms with Crippen molar-refractivity contribution < 1.29 is 13.2 Å². The van der Waals surface area contributed by atoms with Gasteiger partial charge in [0.1, 0.15) is 11.6 Å². The maximum Gasteiger partial charge on any atom is 0.247 e. The summed E-state index contributed by atoms with van der Waals surface area (Å²) in [7, 11) is 3.99. The molecule has 0 spiro atoms. The van der Waals surface area contributed by atoms with E-state index < -0.39 is 0 Å². The van der Waals surface area contributed by atoms with E-state index in [0.717, 1.165) is 5.76 Å². The van der Waals surface area contributed by atoms with Gasteiger partial charge in [0.05, 0.1) is 18.8 Å². The summed E-state index contributed by atoms with van der Waals surface area (Å²) in [4.78, 5) is 2.07. The standard InChI is InChI=1S/C17H19FN4O2/c1-22(2)14(15-4-3-9-23-15)10-19-11-16-20-21-17(24-16)12-5-7-13(18)8-6-12/h3-9,14,19H,10-11H2,1-2H3. The van der Waals surface area contributed by atoms with Gasteiger partial charge in [0.15, 0.2) is 0 Å². The zero-order valence-corrected chi connectivity index (χ0v) is 13.6. The van der Waals surface area contributed by atoms with Gasteiger partial charge in [-0.1, -0.05) is 0 Å². The average molecular weight is 330 g/mol. The molecule has 0 amide bonds. The molecular weight excluding hydrogens is 311 g/mol. The van der Waals surface area contributed by atoms with Gasteiger partial charge in [0.2, 0.25) is 11.8 Å². The fourth-order valence-corrected chi connectivity index (χ4v) is 2.37. The summed E-state index contributed by atoms with van der Waals surface area (Å²) < 4.78 is 24.0. The number of benzene rings is 1. The number of hydrogen-bond acceptors (Lipinski definition) is 6. The second-order valence-electron chi connectivity index (χ2n) is 5.63. The molecule has 0 aliphatic carbocycles. The largest absolute Gasteiger partial charge is 0.468 e. The molecule has 0 aliphatic heterocycles. The van der Waals surface area contributed by atoms with Crippen LogP contribution in [-0.2, 0) is 6.54 Å². The van der Waals surface area contributed by atoms with Gasteiger partial charge >= 0.3 is 0 Å². The number of rotatable bonds is 7. The second kappa shape index (κ2) is 7.37. The maximum atomic E-state index is 12.9. The maximum absolute atomic E-state index is 12.9. The first-order valence-corrected chi connectivity index (χ1v) is 7.62. The van der Waals surface area contributed by atoms with Gasteiger partial charge in [-0.2, -0.15) is 0 Å². The molecule has 7 heteroatoms. The molecule has 0 fully saturated rings. The quantitative estimate of drug-likeness (QED) is 0.718. The highest BCUT2D eigenvalue weighted by Gasteiger charge is 2.17. The number of furan rings is 1. The van der Waals surface area contributed by atoms with Crippen LogP contribution < -0.4 is 5.32 Å². The van der Waals surface area contributed by atoms with Crippen molar-refractivity contribution in [1.82, 2.24) is 20.4 Å². The first-order chi connectivity index (χ1) is 11.6. The third-order valence-corrected chi connectivity index (χ3v) is 3.67. The summed E-state index contributed by atoms with van der Waals surface area (Å²) in [6.07, 6.45) is 1.67. The Bertz CT molecular complexity index is 753. The van der Waals surface area contributed by atoms with Gasteiger partial charge in [-0.25, -0.2) is 4.39 Å². The van der Waals surface area contributed by atoms with Crippen molar-refractivity contribution >= 4 is 0 Å². The minimum absolute atomic E-state index is 0.111. The van der Waals surface area contributed by atoms with Crippen LogP contribution >= 0.6 is 0 Å². The van der Waals surface area contributed by atoms with E-state index in [2.05, 4.69) is 20.4 Å². The molecule has 1 unspecified atom stereocenters. The minimum atomic E-state index is -0.298. The minimum Gasteiger partial charge on any atom is -0.468 e. The van der Waals surface area contributed by atoms with Crippen LogP contribution in [0.3, 0.4) is 0 Å². The van der Waals surface area contributed by atoms with Gasteiger partial charge in [-0.05, 0) is 50.5 Å². The van der Waals surface area contributed by atoms with Crippen LogP contribution in [0.25, 0.3) is 11.5 Å². The first kappa shape index (κ1) is 16.4. The SMILES string of the molecule is CN(C)C(CNCc1nnc(-c2ccc(F)cc2)o1)c1ccco1. The monoisotopic (exact) mass is 330 g/mol. The molecule has 0 bridgehead atoms. The molecule has 2 heterocycles. The Morgan fingerprint density at radius 2 is 1.96 bits per heavy atom. The molecule has 1 N–H and O–H groups in total. The number of nitrogens with one attached hydrogen (secondary N) is 1. The lowest BCUT2D eigenvalue weighted by molar-refractivity contribution is 0.248. The van der Waals surface area contributed by atoms with Crippen molar-refractivity contribution in [3.8, 4) is 11.5 Å². The third-order valence-electron chi connectivity index (χ3n) is 3.67. The van der Waals surface area contributed by atoms with Crippen molar-refractivity contribution in [3.63, 3.8) is 0 Å². The fraction of sp³-hybridized carbons (Fsp3) is 0.294. The lowest BCUT2D eigenvalue weighted by Crippen LogP contribution is -2.30. The van der Waals surface area contributed by atoms with Crippen molar-refractivity contribution in [2.45, 2.75) is 12.6 Å². The summed E-state index contributed by atoms with van der Waals surface area (Å²) in [5, 5.41) is 11.3. The van der Waals surface area contributed by atoms with E-state index in [9.17, 15) is 4.39 Å². The molecule has 0 saturated carbocycles. The topological polar surface area (TPSA) is 67.3 Å². The zero-order valence-electron chi connectivity index (χ0n) is 13.6. The van der Waals surface area contributed by atoms with E-state index >= 15 is 0 Å². The Morgan fingerprint density at radius 1 is 1.17 bits per heavy atom. The second-order valence-corrected chi connectivity index (χ2v) is 5.63. The summed E-state index contributed by atoms with van der Waals surface area (Å²) >= 11 is 0. The predicted octanol–water partition coefficient (Wildman–Crippen LogP) is 2.86. The summed E-state index contributed by atoms with van der Waals surface area (Å²) in [5.41, 5.74) is 0.692. The number of hydrogen-bond donors (Lipinski definition) is 1. The average Bonchev–Trinajstić information content (AvgIpc) is 3.24. The lowest BCUT2D eigenvalue weighted by atomic mass is 10.2. The fourth-order valence-electron chi connectivity index (χ4n) is 2.37. The Hall–Kier alpha value is -2.51. The van der Waals surface area contributed by atoms with Gasteiger partial charge in [-0.3, -0.25) is 4.90 Å². The summed E-state index contributed by atoms with van der Waals surface area (Å²) in [6.45, 7) is 1.12. The van der Waals surface area contributed by atoms with Crippen LogP contribution in [0.4, 0.5) is 4.39 Å². The van der Waals surface area contributed by atoms with E-state index in [1.54, 1.807) is 18.4 Å². The highest BCUT2D eigenvalue weighted by molar-refractivity contribution is 5.51. The van der Waals surface area contributed by atoms with Crippen LogP contribution in [0.2, 0.25) is 0 Å². The molecule has 1 aromatic carbocycles. The van der Waals surface area contributed by atoms with Crippen LogP contribution in [0.15, 0.2) is 51.5 Å². The molecule has 2 aromatic heterocycles. The number of halogens is 1. The van der Waals surface area contributed by atoms with E-state index in [1.807, 2.05) is 26.2 Å². The first-order valence-electron chi connectivity index (χ1n) is 7.62. The highest BCUT2D eigenvalue weighted by Crippen LogP contribution is 2.19. The molecule has 0 radical (unpaired) electrons. The zero-order chi connectivity index (χ0) is 16.9. The van der Waals surface area contributed by atoms with E-state index in [0.29, 0.717) is 30.4 Å². The molecule has 3 aromatic rings. The number of likely N-dealkylation sites (N-methyl/N-ethyl adjacent to an activating group) is 1. The smallest absolute Gasteiger partial charge is 0.247 e. The van der Waals surface area contributed by atoms with Gasteiger partial charge in [0.25, 0.3) is 0 Å². The number of aromatic nitrogens is 2. The van der Waals surface area contributed by atoms with E-state index in [4.69, 9.17) is 8.83 Å². The van der Waals surface area contributed by atoms with Crippen LogP contribution in [0.5, 0.6) is 0 Å². The molecule has 0 aliphatic rings. The lowest BCUT2D eigenvalue weighted by Gasteiger charge is -2.22. The normalized spacial score (nSPS) is 12.7. The van der Waals surface area contributed by atoms with E-state index in [1.165, 1.54) is 12.1 Å². The van der Waals surface area contributed by atoms with Gasteiger partial charge in [0, 0.05) is 12.1 Å². The Labute approximate surface area is 139 Å². The van der Waals surface area contributed by atoms with Crippen molar-refractivity contribution in [2.75, 3.05) is 20.6 Å². The molecular formula is C17H19FN4O2. The summed E-state index contributed by atoms with van der Waals surface area (Å²) in [6, 6.07) is 9.88. The van der Waals surface area contributed by atoms with Crippen LogP contribution in [0.1, 0.15) is 17.7 Å². The predicted molar refractivity (Wildman–Crippen MR) is 86.5 cm³/mol. The third kappa shape index (κ3) is 3.87. The molecule has 24 heavy (non-hydrogen) atoms. The van der Waals surface area contributed by atoms with Crippen molar-refractivity contribution in [3.05, 3.63) is 60.1 Å². The van der Waals surface area contributed by atoms with Gasteiger partial charge < -0.3 is 14.2 Å².